The summed E-state index contributed by atoms with van der Waals surface area (Å²) in [6.45, 7) is 0.508. The predicted octanol–water partition coefficient (Wildman–Crippen LogP) is 1.01. The number of hydrogen-bond donors (Lipinski definition) is 2. The van der Waals surface area contributed by atoms with Crippen molar-refractivity contribution in [2.75, 3.05) is 5.32 Å². The average Bonchev–Trinajstić information content (AvgIpc) is 3.14. The van der Waals surface area contributed by atoms with Crippen LogP contribution in [0.4, 0.5) is 5.69 Å². The highest BCUT2D eigenvalue weighted by Crippen LogP contribution is 2.47. The Bertz CT molecular complexity index is 622. The first kappa shape index (κ1) is 12.6. The van der Waals surface area contributed by atoms with E-state index in [0.29, 0.717) is 12.4 Å². The largest absolute Gasteiger partial charge is 0.481 e. The lowest BCUT2D eigenvalue weighted by molar-refractivity contribution is -0.138. The number of nitrogens with zero attached hydrogens (tertiary/aromatic N) is 4. The lowest BCUT2D eigenvalue weighted by Crippen LogP contribution is -2.02. The maximum Gasteiger partial charge on any atom is 0.307 e. The molecule has 1 saturated carbocycles. The van der Waals surface area contributed by atoms with Gasteiger partial charge in [0.1, 0.15) is 0 Å². The van der Waals surface area contributed by atoms with Crippen molar-refractivity contribution < 1.29 is 9.90 Å². The fraction of sp³-hybridized carbons (Fsp3) is 0.385. The molecule has 20 heavy (non-hydrogen) atoms. The van der Waals surface area contributed by atoms with E-state index in [9.17, 15) is 4.79 Å². The van der Waals surface area contributed by atoms with Crippen LogP contribution in [0.2, 0.25) is 0 Å². The van der Waals surface area contributed by atoms with Gasteiger partial charge in [-0.2, -0.15) is 4.80 Å². The van der Waals surface area contributed by atoms with Gasteiger partial charge < -0.3 is 10.4 Å². The van der Waals surface area contributed by atoms with Crippen molar-refractivity contribution in [3.05, 3.63) is 35.7 Å². The summed E-state index contributed by atoms with van der Waals surface area (Å²) in [4.78, 5) is 12.3. The normalized spacial score (nSPS) is 20.6. The second kappa shape index (κ2) is 4.92. The summed E-state index contributed by atoms with van der Waals surface area (Å²) >= 11 is 0. The second-order valence-electron chi connectivity index (χ2n) is 4.96. The number of anilines is 1. The molecule has 1 aliphatic rings. The molecule has 1 aromatic heterocycles. The molecule has 2 aromatic rings. The van der Waals surface area contributed by atoms with Crippen molar-refractivity contribution in [3.8, 4) is 0 Å². The molecule has 0 radical (unpaired) electrons. The van der Waals surface area contributed by atoms with Crippen molar-refractivity contribution in [1.29, 1.82) is 0 Å². The highest BCUT2D eigenvalue weighted by molar-refractivity contribution is 5.75. The van der Waals surface area contributed by atoms with Gasteiger partial charge in [0.05, 0.1) is 19.5 Å². The van der Waals surface area contributed by atoms with E-state index in [1.54, 1.807) is 7.05 Å². The second-order valence-corrected chi connectivity index (χ2v) is 4.96. The first-order valence-electron chi connectivity index (χ1n) is 6.43. The molecular formula is C13H15N5O2. The molecule has 1 fully saturated rings. The molecule has 0 saturated heterocycles. The average molecular weight is 273 g/mol. The van der Waals surface area contributed by atoms with Gasteiger partial charge in [-0.05, 0) is 35.2 Å². The maximum atomic E-state index is 10.8. The van der Waals surface area contributed by atoms with E-state index >= 15 is 0 Å². The van der Waals surface area contributed by atoms with Crippen LogP contribution in [0.25, 0.3) is 0 Å². The van der Waals surface area contributed by atoms with Crippen LogP contribution in [0.3, 0.4) is 0 Å². The molecule has 3 rings (SSSR count). The molecule has 0 bridgehead atoms. The van der Waals surface area contributed by atoms with Crippen molar-refractivity contribution in [1.82, 2.24) is 20.2 Å². The number of aromatic nitrogens is 4. The molecule has 7 heteroatoms. The quantitative estimate of drug-likeness (QED) is 0.844. The highest BCUT2D eigenvalue weighted by atomic mass is 16.4. The molecule has 0 amide bonds. The minimum absolute atomic E-state index is 0.170. The summed E-state index contributed by atoms with van der Waals surface area (Å²) < 4.78 is 0. The third-order valence-electron chi connectivity index (χ3n) is 3.45. The Hall–Kier alpha value is -2.44. The summed E-state index contributed by atoms with van der Waals surface area (Å²) in [6, 6.07) is 7.84. The lowest BCUT2D eigenvalue weighted by atomic mass is 10.1. The Kier molecular flexibility index (Phi) is 3.09. The number of carboxylic acid groups (broad SMARTS) is 1. The SMILES string of the molecule is Cn1nnc(CNc2ccc([C@@H]3C[C@H]3C(=O)O)cc2)n1. The van der Waals surface area contributed by atoms with E-state index in [1.165, 1.54) is 4.80 Å². The van der Waals surface area contributed by atoms with Gasteiger partial charge in [-0.25, -0.2) is 0 Å². The van der Waals surface area contributed by atoms with Gasteiger partial charge in [-0.3, -0.25) is 4.79 Å². The van der Waals surface area contributed by atoms with E-state index < -0.39 is 5.97 Å². The van der Waals surface area contributed by atoms with Gasteiger partial charge in [0.25, 0.3) is 0 Å². The molecule has 1 aliphatic carbocycles. The fourth-order valence-electron chi connectivity index (χ4n) is 2.26. The van der Waals surface area contributed by atoms with Gasteiger partial charge in [-0.1, -0.05) is 12.1 Å². The van der Waals surface area contributed by atoms with E-state index in [4.69, 9.17) is 5.11 Å². The van der Waals surface area contributed by atoms with E-state index in [0.717, 1.165) is 17.7 Å². The van der Waals surface area contributed by atoms with E-state index in [-0.39, 0.29) is 11.8 Å². The highest BCUT2D eigenvalue weighted by Gasteiger charge is 2.43. The number of benzene rings is 1. The maximum absolute atomic E-state index is 10.8. The van der Waals surface area contributed by atoms with Crippen LogP contribution in [0.1, 0.15) is 23.7 Å². The molecule has 7 nitrogen and oxygen atoms in total. The van der Waals surface area contributed by atoms with Crippen molar-refractivity contribution >= 4 is 11.7 Å². The first-order valence-corrected chi connectivity index (χ1v) is 6.43. The number of tetrazole rings is 1. The van der Waals surface area contributed by atoms with E-state index in [1.807, 2.05) is 24.3 Å². The Labute approximate surface area is 115 Å². The number of nitrogens with one attached hydrogen (secondary N) is 1. The van der Waals surface area contributed by atoms with Crippen LogP contribution >= 0.6 is 0 Å². The van der Waals surface area contributed by atoms with Gasteiger partial charge in [-0.15, -0.1) is 10.2 Å². The minimum atomic E-state index is -0.703. The Morgan fingerprint density at radius 3 is 2.75 bits per heavy atom. The molecule has 0 unspecified atom stereocenters. The standard InChI is InChI=1S/C13H15N5O2/c1-18-16-12(15-17-18)7-14-9-4-2-8(3-5-9)10-6-11(10)13(19)20/h2-5,10-11,14H,6-7H2,1H3,(H,19,20)/t10-,11+/m0/s1. The molecule has 1 heterocycles. The number of rotatable bonds is 5. The Morgan fingerprint density at radius 1 is 1.45 bits per heavy atom. The summed E-state index contributed by atoms with van der Waals surface area (Å²) in [7, 11) is 1.72. The fourth-order valence-corrected chi connectivity index (χ4v) is 2.26. The third-order valence-corrected chi connectivity index (χ3v) is 3.45. The lowest BCUT2D eigenvalue weighted by Gasteiger charge is -2.05. The molecule has 2 N–H and O–H groups in total. The Morgan fingerprint density at radius 2 is 2.20 bits per heavy atom. The number of carbonyl (C=O) groups is 1. The monoisotopic (exact) mass is 273 g/mol. The Balaban J connectivity index is 1.58. The van der Waals surface area contributed by atoms with Gasteiger partial charge in [0.15, 0.2) is 5.82 Å². The minimum Gasteiger partial charge on any atom is -0.481 e. The number of hydrogen-bond acceptors (Lipinski definition) is 5. The first-order chi connectivity index (χ1) is 9.63. The van der Waals surface area contributed by atoms with E-state index in [2.05, 4.69) is 20.7 Å². The zero-order valence-electron chi connectivity index (χ0n) is 11.0. The number of aliphatic carboxylic acids is 1. The van der Waals surface area contributed by atoms with Crippen LogP contribution in [0.15, 0.2) is 24.3 Å². The van der Waals surface area contributed by atoms with Gasteiger partial charge >= 0.3 is 5.97 Å². The van der Waals surface area contributed by atoms with Gasteiger partial charge in [0, 0.05) is 5.69 Å². The molecule has 1 aromatic carbocycles. The zero-order chi connectivity index (χ0) is 14.1. The smallest absolute Gasteiger partial charge is 0.307 e. The summed E-state index contributed by atoms with van der Waals surface area (Å²) in [5, 5.41) is 23.8. The van der Waals surface area contributed by atoms with Crippen molar-refractivity contribution in [2.45, 2.75) is 18.9 Å². The van der Waals surface area contributed by atoms with Crippen molar-refractivity contribution in [2.24, 2.45) is 13.0 Å². The zero-order valence-corrected chi connectivity index (χ0v) is 11.0. The van der Waals surface area contributed by atoms with Crippen LogP contribution < -0.4 is 5.32 Å². The topological polar surface area (TPSA) is 92.9 Å². The molecule has 0 aliphatic heterocycles. The molecule has 0 spiro atoms. The van der Waals surface area contributed by atoms with Gasteiger partial charge in [0.2, 0.25) is 0 Å². The number of aryl methyl sites for hydroxylation is 1. The molecule has 2 atom stereocenters. The summed E-state index contributed by atoms with van der Waals surface area (Å²) in [6.07, 6.45) is 0.742. The molecule has 104 valence electrons. The number of carboxylic acids is 1. The summed E-state index contributed by atoms with van der Waals surface area (Å²) in [5.41, 5.74) is 2.04. The van der Waals surface area contributed by atoms with Crippen LogP contribution in [0.5, 0.6) is 0 Å². The third kappa shape index (κ3) is 2.61. The van der Waals surface area contributed by atoms with Crippen LogP contribution in [-0.2, 0) is 18.4 Å². The van der Waals surface area contributed by atoms with Crippen molar-refractivity contribution in [3.63, 3.8) is 0 Å². The summed E-state index contributed by atoms with van der Waals surface area (Å²) in [5.74, 6) is -0.114. The van der Waals surface area contributed by atoms with Crippen LogP contribution in [0, 0.1) is 5.92 Å². The predicted molar refractivity (Wildman–Crippen MR) is 71.1 cm³/mol. The molecular weight excluding hydrogens is 258 g/mol. The van der Waals surface area contributed by atoms with Crippen LogP contribution in [-0.4, -0.2) is 31.3 Å².